The van der Waals surface area contributed by atoms with Crippen LogP contribution in [0.5, 0.6) is 11.5 Å². The number of carboxylic acid groups (broad SMARTS) is 1. The number of ether oxygens (including phenoxy) is 2. The Bertz CT molecular complexity index is 411. The normalized spacial score (nSPS) is 9.62. The number of aromatic carboxylic acids is 1. The molecule has 0 aliphatic carbocycles. The highest BCUT2D eigenvalue weighted by atomic mass is 16.5. The average molecular weight is 224 g/mol. The van der Waals surface area contributed by atoms with E-state index < -0.39 is 5.97 Å². The van der Waals surface area contributed by atoms with E-state index in [0.29, 0.717) is 17.6 Å². The maximum Gasteiger partial charge on any atom is 0.339 e. The van der Waals surface area contributed by atoms with Gasteiger partial charge in [0.1, 0.15) is 23.3 Å². The molecule has 1 aromatic carbocycles. The Balaban J connectivity index is 3.40. The van der Waals surface area contributed by atoms with Crippen molar-refractivity contribution in [3.05, 3.63) is 23.3 Å². The number of carbonyl (C=O) groups is 2. The topological polar surface area (TPSA) is 72.8 Å². The zero-order chi connectivity index (χ0) is 12.1. The molecule has 0 unspecified atom stereocenters. The second-order valence-corrected chi connectivity index (χ2v) is 3.04. The molecule has 0 aliphatic heterocycles. The fourth-order valence-corrected chi connectivity index (χ4v) is 1.42. The molecule has 5 nitrogen and oxygen atoms in total. The zero-order valence-corrected chi connectivity index (χ0v) is 9.02. The molecular formula is C11H12O5. The van der Waals surface area contributed by atoms with Gasteiger partial charge in [0, 0.05) is 12.5 Å². The van der Waals surface area contributed by atoms with Gasteiger partial charge in [-0.1, -0.05) is 0 Å². The second kappa shape index (κ2) is 5.16. The molecular weight excluding hydrogens is 212 g/mol. The molecule has 16 heavy (non-hydrogen) atoms. The molecule has 0 bridgehead atoms. The van der Waals surface area contributed by atoms with E-state index in [4.69, 9.17) is 14.6 Å². The molecule has 0 aromatic heterocycles. The molecule has 5 heteroatoms. The number of methoxy groups -OCH3 is 2. The molecule has 0 atom stereocenters. The molecule has 0 fully saturated rings. The van der Waals surface area contributed by atoms with Crippen molar-refractivity contribution in [2.24, 2.45) is 0 Å². The van der Waals surface area contributed by atoms with Crippen molar-refractivity contribution in [1.29, 1.82) is 0 Å². The molecule has 0 aliphatic rings. The summed E-state index contributed by atoms with van der Waals surface area (Å²) in [4.78, 5) is 21.5. The van der Waals surface area contributed by atoms with Crippen LogP contribution < -0.4 is 9.47 Å². The Labute approximate surface area is 92.6 Å². The van der Waals surface area contributed by atoms with Gasteiger partial charge in [0.05, 0.1) is 14.2 Å². The third-order valence-corrected chi connectivity index (χ3v) is 2.13. The van der Waals surface area contributed by atoms with Crippen LogP contribution in [0.4, 0.5) is 0 Å². The Kier molecular flexibility index (Phi) is 3.88. The van der Waals surface area contributed by atoms with E-state index in [1.54, 1.807) is 0 Å². The SMILES string of the molecule is COc1cc(CC=O)c(C(=O)O)c(OC)c1. The number of hydrogen-bond donors (Lipinski definition) is 1. The summed E-state index contributed by atoms with van der Waals surface area (Å²) in [5, 5.41) is 9.03. The molecule has 0 saturated carbocycles. The van der Waals surface area contributed by atoms with Crippen molar-refractivity contribution < 1.29 is 24.2 Å². The fraction of sp³-hybridized carbons (Fsp3) is 0.273. The van der Waals surface area contributed by atoms with Gasteiger partial charge in [-0.05, 0) is 11.6 Å². The second-order valence-electron chi connectivity index (χ2n) is 3.04. The van der Waals surface area contributed by atoms with Crippen molar-refractivity contribution in [2.45, 2.75) is 6.42 Å². The molecule has 1 rings (SSSR count). The van der Waals surface area contributed by atoms with Gasteiger partial charge >= 0.3 is 5.97 Å². The maximum atomic E-state index is 11.0. The third kappa shape index (κ3) is 2.31. The van der Waals surface area contributed by atoms with Crippen LogP contribution in [0.3, 0.4) is 0 Å². The average Bonchev–Trinajstić information content (AvgIpc) is 2.27. The Hall–Kier alpha value is -2.04. The van der Waals surface area contributed by atoms with Gasteiger partial charge in [-0.3, -0.25) is 0 Å². The predicted octanol–water partition coefficient (Wildman–Crippen LogP) is 1.14. The molecule has 0 heterocycles. The summed E-state index contributed by atoms with van der Waals surface area (Å²) >= 11 is 0. The van der Waals surface area contributed by atoms with E-state index in [0.717, 1.165) is 0 Å². The standard InChI is InChI=1S/C11H12O5/c1-15-8-5-7(3-4-12)10(11(13)14)9(6-8)16-2/h4-6H,3H2,1-2H3,(H,13,14). The van der Waals surface area contributed by atoms with Crippen LogP contribution in [-0.4, -0.2) is 31.6 Å². The van der Waals surface area contributed by atoms with Gasteiger partial charge in [-0.2, -0.15) is 0 Å². The summed E-state index contributed by atoms with van der Waals surface area (Å²) in [6, 6.07) is 2.98. The number of carbonyl (C=O) groups excluding carboxylic acids is 1. The van der Waals surface area contributed by atoms with Crippen LogP contribution >= 0.6 is 0 Å². The van der Waals surface area contributed by atoms with E-state index in [-0.39, 0.29) is 17.7 Å². The van der Waals surface area contributed by atoms with Crippen LogP contribution in [0.15, 0.2) is 12.1 Å². The highest BCUT2D eigenvalue weighted by molar-refractivity contribution is 5.93. The number of carboxylic acids is 1. The Morgan fingerprint density at radius 1 is 1.38 bits per heavy atom. The van der Waals surface area contributed by atoms with Crippen LogP contribution in [0.1, 0.15) is 15.9 Å². The lowest BCUT2D eigenvalue weighted by atomic mass is 10.0. The van der Waals surface area contributed by atoms with Gasteiger partial charge in [-0.15, -0.1) is 0 Å². The quantitative estimate of drug-likeness (QED) is 0.759. The zero-order valence-electron chi connectivity index (χ0n) is 9.02. The van der Waals surface area contributed by atoms with Crippen molar-refractivity contribution in [1.82, 2.24) is 0 Å². The van der Waals surface area contributed by atoms with E-state index >= 15 is 0 Å². The largest absolute Gasteiger partial charge is 0.497 e. The van der Waals surface area contributed by atoms with E-state index in [1.165, 1.54) is 26.4 Å². The van der Waals surface area contributed by atoms with Crippen LogP contribution in [0.25, 0.3) is 0 Å². The maximum absolute atomic E-state index is 11.0. The lowest BCUT2D eigenvalue weighted by Gasteiger charge is -2.11. The van der Waals surface area contributed by atoms with Crippen LogP contribution in [0, 0.1) is 0 Å². The van der Waals surface area contributed by atoms with Crippen molar-refractivity contribution in [3.8, 4) is 11.5 Å². The smallest absolute Gasteiger partial charge is 0.339 e. The van der Waals surface area contributed by atoms with E-state index in [9.17, 15) is 9.59 Å². The molecule has 0 amide bonds. The fourth-order valence-electron chi connectivity index (χ4n) is 1.42. The lowest BCUT2D eigenvalue weighted by Crippen LogP contribution is -2.06. The molecule has 0 saturated heterocycles. The lowest BCUT2D eigenvalue weighted by molar-refractivity contribution is -0.107. The Morgan fingerprint density at radius 2 is 2.06 bits per heavy atom. The number of benzene rings is 1. The minimum atomic E-state index is -1.13. The van der Waals surface area contributed by atoms with Gasteiger partial charge in [-0.25, -0.2) is 4.79 Å². The first-order valence-electron chi connectivity index (χ1n) is 4.55. The predicted molar refractivity (Wildman–Crippen MR) is 56.3 cm³/mol. The van der Waals surface area contributed by atoms with E-state index in [1.807, 2.05) is 0 Å². The summed E-state index contributed by atoms with van der Waals surface area (Å²) in [7, 11) is 2.83. The number of rotatable bonds is 5. The van der Waals surface area contributed by atoms with Crippen molar-refractivity contribution in [3.63, 3.8) is 0 Å². The molecule has 0 spiro atoms. The summed E-state index contributed by atoms with van der Waals surface area (Å²) < 4.78 is 9.95. The van der Waals surface area contributed by atoms with Gasteiger partial charge < -0.3 is 19.4 Å². The summed E-state index contributed by atoms with van der Waals surface area (Å²) in [5.74, 6) is -0.487. The van der Waals surface area contributed by atoms with Gasteiger partial charge in [0.15, 0.2) is 0 Å². The first-order chi connectivity index (χ1) is 7.63. The van der Waals surface area contributed by atoms with E-state index in [2.05, 4.69) is 0 Å². The summed E-state index contributed by atoms with van der Waals surface area (Å²) in [5.41, 5.74) is 0.370. The van der Waals surface area contributed by atoms with Crippen molar-refractivity contribution in [2.75, 3.05) is 14.2 Å². The molecule has 1 N–H and O–H groups in total. The molecule has 1 aromatic rings. The molecule has 0 radical (unpaired) electrons. The van der Waals surface area contributed by atoms with Crippen molar-refractivity contribution >= 4 is 12.3 Å². The first-order valence-corrected chi connectivity index (χ1v) is 4.55. The first kappa shape index (κ1) is 12.0. The van der Waals surface area contributed by atoms with Crippen LogP contribution in [0.2, 0.25) is 0 Å². The minimum Gasteiger partial charge on any atom is -0.497 e. The number of hydrogen-bond acceptors (Lipinski definition) is 4. The van der Waals surface area contributed by atoms with Gasteiger partial charge in [0.2, 0.25) is 0 Å². The highest BCUT2D eigenvalue weighted by Crippen LogP contribution is 2.28. The molecule has 86 valence electrons. The monoisotopic (exact) mass is 224 g/mol. The summed E-state index contributed by atoms with van der Waals surface area (Å²) in [6.07, 6.45) is 0.649. The van der Waals surface area contributed by atoms with Crippen LogP contribution in [-0.2, 0) is 11.2 Å². The highest BCUT2D eigenvalue weighted by Gasteiger charge is 2.18. The third-order valence-electron chi connectivity index (χ3n) is 2.13. The number of aldehydes is 1. The summed E-state index contributed by atoms with van der Waals surface area (Å²) in [6.45, 7) is 0. The van der Waals surface area contributed by atoms with Gasteiger partial charge in [0.25, 0.3) is 0 Å². The minimum absolute atomic E-state index is 0.00426. The Morgan fingerprint density at radius 3 is 2.50 bits per heavy atom.